The molecule has 1 aliphatic heterocycles. The van der Waals surface area contributed by atoms with Gasteiger partial charge in [-0.05, 0) is 85.9 Å². The van der Waals surface area contributed by atoms with Crippen LogP contribution in [0.4, 0.5) is 4.39 Å². The van der Waals surface area contributed by atoms with E-state index in [1.807, 2.05) is 18.2 Å². The van der Waals surface area contributed by atoms with Crippen molar-refractivity contribution >= 4 is 6.08 Å². The van der Waals surface area contributed by atoms with Gasteiger partial charge in [0.2, 0.25) is 0 Å². The van der Waals surface area contributed by atoms with E-state index < -0.39 is 5.60 Å². The molecule has 1 aliphatic rings. The molecule has 31 heavy (non-hydrogen) atoms. The summed E-state index contributed by atoms with van der Waals surface area (Å²) < 4.78 is 20.1. The molecule has 0 amide bonds. The highest BCUT2D eigenvalue weighted by Crippen LogP contribution is 2.45. The minimum Gasteiger partial charge on any atom is -0.361 e. The Hall–Kier alpha value is -2.75. The molecular weight excluding hydrogens is 385 g/mol. The van der Waals surface area contributed by atoms with Crippen LogP contribution in [0.25, 0.3) is 6.08 Å². The monoisotopic (exact) mass is 415 g/mol. The van der Waals surface area contributed by atoms with Crippen LogP contribution in [0.1, 0.15) is 40.7 Å². The molecule has 0 saturated heterocycles. The van der Waals surface area contributed by atoms with Crippen molar-refractivity contribution in [2.45, 2.75) is 31.5 Å². The molecule has 0 spiro atoms. The third-order valence-corrected chi connectivity index (χ3v) is 5.99. The average molecular weight is 416 g/mol. The van der Waals surface area contributed by atoms with E-state index in [0.29, 0.717) is 6.61 Å². The Balaban J connectivity index is 1.59. The number of nitrogens with zero attached hydrogens (tertiary/aromatic N) is 1. The van der Waals surface area contributed by atoms with E-state index in [2.05, 4.69) is 73.6 Å². The molecule has 0 bridgehead atoms. The van der Waals surface area contributed by atoms with Crippen LogP contribution in [0.5, 0.6) is 0 Å². The molecule has 3 aromatic carbocycles. The van der Waals surface area contributed by atoms with Gasteiger partial charge in [0.15, 0.2) is 0 Å². The Morgan fingerprint density at radius 1 is 1.00 bits per heavy atom. The molecule has 0 aromatic heterocycles. The first-order valence-corrected chi connectivity index (χ1v) is 11.0. The van der Waals surface area contributed by atoms with Crippen molar-refractivity contribution in [3.63, 3.8) is 0 Å². The van der Waals surface area contributed by atoms with Gasteiger partial charge < -0.3 is 9.64 Å². The number of hydrogen-bond acceptors (Lipinski definition) is 2. The quantitative estimate of drug-likeness (QED) is 0.434. The van der Waals surface area contributed by atoms with E-state index in [-0.39, 0.29) is 5.82 Å². The summed E-state index contributed by atoms with van der Waals surface area (Å²) >= 11 is 0. The lowest BCUT2D eigenvalue weighted by Gasteiger charge is -2.31. The average Bonchev–Trinajstić information content (AvgIpc) is 3.14. The number of ether oxygens (including phenoxy) is 1. The van der Waals surface area contributed by atoms with Crippen LogP contribution in [0.3, 0.4) is 0 Å². The molecule has 0 N–H and O–H groups in total. The van der Waals surface area contributed by atoms with Gasteiger partial charge in [0.05, 0.1) is 6.61 Å². The molecule has 2 nitrogen and oxygen atoms in total. The fraction of sp³-hybridized carbons (Fsp3) is 0.286. The second kappa shape index (κ2) is 9.59. The first kappa shape index (κ1) is 21.5. The minimum absolute atomic E-state index is 0.218. The van der Waals surface area contributed by atoms with Gasteiger partial charge in [-0.2, -0.15) is 0 Å². The second-order valence-electron chi connectivity index (χ2n) is 8.54. The number of benzene rings is 3. The lowest BCUT2D eigenvalue weighted by Crippen LogP contribution is -2.28. The lowest BCUT2D eigenvalue weighted by atomic mass is 9.81. The van der Waals surface area contributed by atoms with Crippen molar-refractivity contribution < 1.29 is 9.13 Å². The van der Waals surface area contributed by atoms with Crippen LogP contribution in [0.2, 0.25) is 0 Å². The summed E-state index contributed by atoms with van der Waals surface area (Å²) in [5.74, 6) is -0.218. The lowest BCUT2D eigenvalue weighted by molar-refractivity contribution is -0.0140. The van der Waals surface area contributed by atoms with E-state index in [9.17, 15) is 4.39 Å². The van der Waals surface area contributed by atoms with Crippen LogP contribution in [0.15, 0.2) is 78.9 Å². The molecule has 4 rings (SSSR count). The van der Waals surface area contributed by atoms with Gasteiger partial charge in [0, 0.05) is 0 Å². The summed E-state index contributed by atoms with van der Waals surface area (Å²) in [5, 5.41) is 0. The summed E-state index contributed by atoms with van der Waals surface area (Å²) in [7, 11) is 4.17. The number of fused-ring (bicyclic) bond motifs is 1. The van der Waals surface area contributed by atoms with E-state index in [1.54, 1.807) is 0 Å². The molecule has 1 unspecified atom stereocenters. The maximum Gasteiger partial charge on any atom is 0.123 e. The Labute approximate surface area is 185 Å². The highest BCUT2D eigenvalue weighted by molar-refractivity contribution is 5.55. The molecule has 0 fully saturated rings. The van der Waals surface area contributed by atoms with Crippen molar-refractivity contribution in [2.75, 3.05) is 20.6 Å². The molecule has 1 atom stereocenters. The van der Waals surface area contributed by atoms with E-state index in [4.69, 9.17) is 4.74 Å². The minimum atomic E-state index is -0.509. The fourth-order valence-electron chi connectivity index (χ4n) is 4.41. The van der Waals surface area contributed by atoms with Crippen molar-refractivity contribution in [3.8, 4) is 0 Å². The van der Waals surface area contributed by atoms with Crippen LogP contribution < -0.4 is 0 Å². The predicted molar refractivity (Wildman–Crippen MR) is 125 cm³/mol. The second-order valence-corrected chi connectivity index (χ2v) is 8.54. The molecule has 3 heteroatoms. The Kier molecular flexibility index (Phi) is 6.64. The highest BCUT2D eigenvalue weighted by Gasteiger charge is 2.41. The summed E-state index contributed by atoms with van der Waals surface area (Å²) in [6, 6.07) is 23.9. The van der Waals surface area contributed by atoms with Gasteiger partial charge in [-0.1, -0.05) is 66.7 Å². The standard InChI is InChI=1S/C28H30FNO/c1-30(2)19-7-18-28(25-13-15-26(29)16-14-25)27-17-12-23(20-24(27)21-31-28)11-6-10-22-8-4-3-5-9-22/h3-6,8-9,11-17,20H,7,10,18-19,21H2,1-2H3/b11-6+. The van der Waals surface area contributed by atoms with Crippen molar-refractivity contribution in [1.29, 1.82) is 0 Å². The van der Waals surface area contributed by atoms with Crippen molar-refractivity contribution in [3.05, 3.63) is 113 Å². The Morgan fingerprint density at radius 2 is 1.77 bits per heavy atom. The summed E-state index contributed by atoms with van der Waals surface area (Å²) in [4.78, 5) is 2.19. The third kappa shape index (κ3) is 4.95. The zero-order valence-electron chi connectivity index (χ0n) is 18.4. The Bertz CT molecular complexity index is 1030. The zero-order chi connectivity index (χ0) is 21.7. The van der Waals surface area contributed by atoms with Crippen molar-refractivity contribution in [1.82, 2.24) is 4.90 Å². The van der Waals surface area contributed by atoms with E-state index >= 15 is 0 Å². The summed E-state index contributed by atoms with van der Waals surface area (Å²) in [5.41, 5.74) is 5.43. The van der Waals surface area contributed by atoms with E-state index in [0.717, 1.165) is 31.4 Å². The Morgan fingerprint density at radius 3 is 2.52 bits per heavy atom. The van der Waals surface area contributed by atoms with Crippen LogP contribution in [-0.2, 0) is 23.4 Å². The fourth-order valence-corrected chi connectivity index (χ4v) is 4.41. The molecular formula is C28H30FNO. The zero-order valence-corrected chi connectivity index (χ0v) is 18.4. The number of allylic oxidation sites excluding steroid dienone is 1. The normalized spacial score (nSPS) is 18.1. The van der Waals surface area contributed by atoms with Crippen molar-refractivity contribution in [2.24, 2.45) is 0 Å². The SMILES string of the molecule is CN(C)CCCC1(c2ccc(F)cc2)OCc2cc(/C=C/Cc3ccccc3)ccc21. The molecule has 160 valence electrons. The first-order chi connectivity index (χ1) is 15.1. The maximum atomic E-state index is 13.6. The molecule has 0 radical (unpaired) electrons. The molecule has 0 aliphatic carbocycles. The topological polar surface area (TPSA) is 12.5 Å². The molecule has 0 saturated carbocycles. The molecule has 1 heterocycles. The highest BCUT2D eigenvalue weighted by atomic mass is 19.1. The summed E-state index contributed by atoms with van der Waals surface area (Å²) in [6.07, 6.45) is 7.17. The van der Waals surface area contributed by atoms with Gasteiger partial charge in [0.25, 0.3) is 0 Å². The first-order valence-electron chi connectivity index (χ1n) is 11.0. The largest absolute Gasteiger partial charge is 0.361 e. The van der Waals surface area contributed by atoms with Crippen LogP contribution in [0, 0.1) is 5.82 Å². The van der Waals surface area contributed by atoms with Crippen LogP contribution in [-0.4, -0.2) is 25.5 Å². The maximum absolute atomic E-state index is 13.6. The number of halogens is 1. The summed E-state index contributed by atoms with van der Waals surface area (Å²) in [6.45, 7) is 1.57. The van der Waals surface area contributed by atoms with Crippen LogP contribution >= 0.6 is 0 Å². The van der Waals surface area contributed by atoms with Gasteiger partial charge in [-0.15, -0.1) is 0 Å². The van der Waals surface area contributed by atoms with Gasteiger partial charge >= 0.3 is 0 Å². The van der Waals surface area contributed by atoms with E-state index in [1.165, 1.54) is 34.4 Å². The number of hydrogen-bond donors (Lipinski definition) is 0. The predicted octanol–water partition coefficient (Wildman–Crippen LogP) is 6.20. The molecule has 3 aromatic rings. The number of rotatable bonds is 8. The van der Waals surface area contributed by atoms with Gasteiger partial charge in [-0.3, -0.25) is 0 Å². The smallest absolute Gasteiger partial charge is 0.123 e. The van der Waals surface area contributed by atoms with Gasteiger partial charge in [-0.25, -0.2) is 4.39 Å². The van der Waals surface area contributed by atoms with Gasteiger partial charge in [0.1, 0.15) is 11.4 Å². The third-order valence-electron chi connectivity index (χ3n) is 5.99.